The maximum Gasteiger partial charge on any atom is 0.0607 e. The average molecular weight is 245 g/mol. The normalized spacial score (nSPS) is 19.9. The molecule has 18 heavy (non-hydrogen) atoms. The van der Waals surface area contributed by atoms with E-state index < -0.39 is 0 Å². The van der Waals surface area contributed by atoms with Gasteiger partial charge < -0.3 is 15.5 Å². The van der Waals surface area contributed by atoms with Crippen LogP contribution in [0.5, 0.6) is 0 Å². The highest BCUT2D eigenvalue weighted by molar-refractivity contribution is 5.74. The van der Waals surface area contributed by atoms with E-state index in [1.807, 2.05) is 0 Å². The van der Waals surface area contributed by atoms with Gasteiger partial charge in [-0.25, -0.2) is 0 Å². The quantitative estimate of drug-likeness (QED) is 0.886. The van der Waals surface area contributed by atoms with Gasteiger partial charge in [-0.3, -0.25) is 0 Å². The summed E-state index contributed by atoms with van der Waals surface area (Å²) in [5.41, 5.74) is 8.79. The first-order valence-corrected chi connectivity index (χ1v) is 6.94. The lowest BCUT2D eigenvalue weighted by molar-refractivity contribution is 0.500. The van der Waals surface area contributed by atoms with Crippen molar-refractivity contribution >= 4 is 11.4 Å². The lowest BCUT2D eigenvalue weighted by Crippen LogP contribution is -2.50. The number of nitrogens with two attached hydrogens (primary N) is 1. The number of fused-ring (bicyclic) bond motifs is 1. The molecule has 2 N–H and O–H groups in total. The largest absolute Gasteiger partial charge is 0.366 e. The summed E-state index contributed by atoms with van der Waals surface area (Å²) in [4.78, 5) is 5.02. The van der Waals surface area contributed by atoms with Crippen LogP contribution in [0.25, 0.3) is 0 Å². The predicted molar refractivity (Wildman–Crippen MR) is 77.3 cm³/mol. The number of anilines is 2. The molecular weight excluding hydrogens is 222 g/mol. The van der Waals surface area contributed by atoms with Crippen LogP contribution in [0.1, 0.15) is 26.7 Å². The molecule has 3 nitrogen and oxygen atoms in total. The van der Waals surface area contributed by atoms with Crippen LogP contribution in [-0.4, -0.2) is 31.2 Å². The zero-order valence-corrected chi connectivity index (χ0v) is 11.4. The minimum absolute atomic E-state index is 0.144. The summed E-state index contributed by atoms with van der Waals surface area (Å²) in [6.07, 6.45) is 2.72. The van der Waals surface area contributed by atoms with E-state index in [1.165, 1.54) is 24.2 Å². The number of nitrogens with zero attached hydrogens (tertiary/aromatic N) is 2. The van der Waals surface area contributed by atoms with Gasteiger partial charge in [0.25, 0.3) is 0 Å². The van der Waals surface area contributed by atoms with E-state index in [-0.39, 0.29) is 5.54 Å². The van der Waals surface area contributed by atoms with Gasteiger partial charge in [-0.15, -0.1) is 0 Å². The summed E-state index contributed by atoms with van der Waals surface area (Å²) >= 11 is 0. The van der Waals surface area contributed by atoms with Crippen LogP contribution in [-0.2, 0) is 0 Å². The Morgan fingerprint density at radius 1 is 1.17 bits per heavy atom. The molecule has 1 aliphatic carbocycles. The van der Waals surface area contributed by atoms with Crippen LogP contribution in [0.2, 0.25) is 0 Å². The molecular formula is C15H23N3. The third-order valence-electron chi connectivity index (χ3n) is 3.73. The first-order chi connectivity index (χ1) is 8.54. The lowest BCUT2D eigenvalue weighted by atomic mass is 10.0. The van der Waals surface area contributed by atoms with Gasteiger partial charge in [0.1, 0.15) is 0 Å². The monoisotopic (exact) mass is 245 g/mol. The van der Waals surface area contributed by atoms with E-state index in [9.17, 15) is 0 Å². The number of benzene rings is 1. The smallest absolute Gasteiger partial charge is 0.0607 e. The van der Waals surface area contributed by atoms with Crippen LogP contribution in [0.15, 0.2) is 24.3 Å². The van der Waals surface area contributed by atoms with E-state index in [2.05, 4.69) is 47.9 Å². The molecule has 0 spiro atoms. The van der Waals surface area contributed by atoms with Crippen molar-refractivity contribution in [3.8, 4) is 0 Å². The highest BCUT2D eigenvalue weighted by atomic mass is 15.3. The molecule has 1 aromatic carbocycles. The molecule has 0 bridgehead atoms. The molecule has 2 aliphatic rings. The Balaban J connectivity index is 1.89. The van der Waals surface area contributed by atoms with Gasteiger partial charge in [-0.05, 0) is 38.8 Å². The van der Waals surface area contributed by atoms with Crippen LogP contribution >= 0.6 is 0 Å². The van der Waals surface area contributed by atoms with Gasteiger partial charge in [-0.2, -0.15) is 0 Å². The zero-order chi connectivity index (χ0) is 12.8. The highest BCUT2D eigenvalue weighted by Crippen LogP contribution is 2.39. The van der Waals surface area contributed by atoms with Crippen molar-refractivity contribution < 1.29 is 0 Å². The van der Waals surface area contributed by atoms with Crippen molar-refractivity contribution in [2.24, 2.45) is 5.73 Å². The Morgan fingerprint density at radius 2 is 1.83 bits per heavy atom. The van der Waals surface area contributed by atoms with Gasteiger partial charge in [-0.1, -0.05) is 12.1 Å². The first-order valence-electron chi connectivity index (χ1n) is 6.94. The summed E-state index contributed by atoms with van der Waals surface area (Å²) in [7, 11) is 0. The summed E-state index contributed by atoms with van der Waals surface area (Å²) in [5, 5.41) is 0. The SMILES string of the molecule is CC(C)(N)CN1CCN(C2CC2)c2ccccc21. The van der Waals surface area contributed by atoms with E-state index in [1.54, 1.807) is 0 Å². The second-order valence-corrected chi connectivity index (χ2v) is 6.32. The Morgan fingerprint density at radius 3 is 2.44 bits per heavy atom. The standard InChI is InChI=1S/C15H23N3/c1-15(2,16)11-17-9-10-18(12-7-8-12)14-6-4-3-5-13(14)17/h3-6,12H,7-11,16H2,1-2H3. The van der Waals surface area contributed by atoms with Crippen molar-refractivity contribution in [3.05, 3.63) is 24.3 Å². The zero-order valence-electron chi connectivity index (χ0n) is 11.4. The Bertz CT molecular complexity index is 432. The molecule has 1 fully saturated rings. The van der Waals surface area contributed by atoms with Gasteiger partial charge in [0, 0.05) is 31.2 Å². The van der Waals surface area contributed by atoms with E-state index in [4.69, 9.17) is 5.73 Å². The number of rotatable bonds is 3. The number of hydrogen-bond acceptors (Lipinski definition) is 3. The maximum atomic E-state index is 6.17. The second kappa shape index (κ2) is 4.16. The lowest BCUT2D eigenvalue weighted by Gasteiger charge is -2.41. The molecule has 0 unspecified atom stereocenters. The average Bonchev–Trinajstić information content (AvgIpc) is 3.12. The van der Waals surface area contributed by atoms with Gasteiger partial charge in [0.2, 0.25) is 0 Å². The Labute approximate surface area is 110 Å². The van der Waals surface area contributed by atoms with Gasteiger partial charge in [0.05, 0.1) is 11.4 Å². The van der Waals surface area contributed by atoms with Crippen LogP contribution in [0.3, 0.4) is 0 Å². The van der Waals surface area contributed by atoms with Crippen LogP contribution < -0.4 is 15.5 Å². The summed E-state index contributed by atoms with van der Waals surface area (Å²) in [6.45, 7) is 7.35. The van der Waals surface area contributed by atoms with Crippen molar-refractivity contribution in [2.75, 3.05) is 29.4 Å². The molecule has 0 saturated heterocycles. The van der Waals surface area contributed by atoms with Gasteiger partial charge >= 0.3 is 0 Å². The molecule has 0 atom stereocenters. The molecule has 0 amide bonds. The van der Waals surface area contributed by atoms with Crippen molar-refractivity contribution in [1.82, 2.24) is 0 Å². The fourth-order valence-corrected chi connectivity index (χ4v) is 2.87. The molecule has 1 aromatic rings. The van der Waals surface area contributed by atoms with Crippen molar-refractivity contribution in [3.63, 3.8) is 0 Å². The highest BCUT2D eigenvalue weighted by Gasteiger charge is 2.34. The van der Waals surface area contributed by atoms with Crippen molar-refractivity contribution in [2.45, 2.75) is 38.3 Å². The van der Waals surface area contributed by atoms with Gasteiger partial charge in [0.15, 0.2) is 0 Å². The predicted octanol–water partition coefficient (Wildman–Crippen LogP) is 2.21. The Hall–Kier alpha value is -1.22. The summed E-state index contributed by atoms with van der Waals surface area (Å²) in [6, 6.07) is 9.55. The summed E-state index contributed by atoms with van der Waals surface area (Å²) < 4.78 is 0. The molecule has 1 saturated carbocycles. The Kier molecular flexibility index (Phi) is 2.74. The molecule has 1 aliphatic heterocycles. The molecule has 0 aromatic heterocycles. The molecule has 98 valence electrons. The fourth-order valence-electron chi connectivity index (χ4n) is 2.87. The number of para-hydroxylation sites is 2. The summed E-state index contributed by atoms with van der Waals surface area (Å²) in [5.74, 6) is 0. The fraction of sp³-hybridized carbons (Fsp3) is 0.600. The number of hydrogen-bond donors (Lipinski definition) is 1. The molecule has 1 heterocycles. The minimum atomic E-state index is -0.144. The minimum Gasteiger partial charge on any atom is -0.366 e. The topological polar surface area (TPSA) is 32.5 Å². The van der Waals surface area contributed by atoms with Crippen LogP contribution in [0, 0.1) is 0 Å². The van der Waals surface area contributed by atoms with E-state index >= 15 is 0 Å². The van der Waals surface area contributed by atoms with E-state index in [0.717, 1.165) is 25.7 Å². The molecule has 0 radical (unpaired) electrons. The molecule has 3 rings (SSSR count). The van der Waals surface area contributed by atoms with Crippen molar-refractivity contribution in [1.29, 1.82) is 0 Å². The second-order valence-electron chi connectivity index (χ2n) is 6.32. The third-order valence-corrected chi connectivity index (χ3v) is 3.73. The first kappa shape index (κ1) is 11.8. The maximum absolute atomic E-state index is 6.17. The van der Waals surface area contributed by atoms with E-state index in [0.29, 0.717) is 0 Å². The third kappa shape index (κ3) is 2.32. The van der Waals surface area contributed by atoms with Crippen LogP contribution in [0.4, 0.5) is 11.4 Å². The molecule has 3 heteroatoms.